The fraction of sp³-hybridized carbons (Fsp3) is 0.714. The summed E-state index contributed by atoms with van der Waals surface area (Å²) in [6.45, 7) is 2.47. The van der Waals surface area contributed by atoms with Crippen LogP contribution in [0.2, 0.25) is 0 Å². The van der Waals surface area contributed by atoms with Crippen LogP contribution in [0.4, 0.5) is 35.1 Å². The zero-order valence-corrected chi connectivity index (χ0v) is 7.55. The average molecular weight is 270 g/mol. The van der Waals surface area contributed by atoms with Crippen molar-refractivity contribution in [1.82, 2.24) is 0 Å². The second-order valence-electron chi connectivity index (χ2n) is 3.49. The summed E-state index contributed by atoms with van der Waals surface area (Å²) >= 11 is 0. The van der Waals surface area contributed by atoms with Crippen molar-refractivity contribution in [2.75, 3.05) is 0 Å². The molecule has 0 bridgehead atoms. The second kappa shape index (κ2) is 2.46. The Labute approximate surface area is 87.8 Å². The van der Waals surface area contributed by atoms with Gasteiger partial charge in [-0.1, -0.05) is 0 Å². The minimum atomic E-state index is -6.32. The molecule has 2 unspecified atom stereocenters. The van der Waals surface area contributed by atoms with E-state index in [0.29, 0.717) is 0 Å². The molecule has 1 aliphatic heterocycles. The minimum Gasteiger partial charge on any atom is -0.416 e. The fourth-order valence-corrected chi connectivity index (χ4v) is 1.60. The predicted octanol–water partition coefficient (Wildman–Crippen LogP) is 2.76. The molecule has 10 heteroatoms. The molecule has 2 nitrogen and oxygen atoms in total. The highest BCUT2D eigenvalue weighted by Crippen LogP contribution is 2.71. The van der Waals surface area contributed by atoms with Crippen LogP contribution in [0.1, 0.15) is 0 Å². The maximum Gasteiger partial charge on any atom is 0.397 e. The third kappa shape index (κ3) is 0.835. The molecule has 17 heavy (non-hydrogen) atoms. The van der Waals surface area contributed by atoms with Crippen molar-refractivity contribution < 1.29 is 44.6 Å². The molecule has 1 aliphatic carbocycles. The molecule has 98 valence electrons. The Morgan fingerprint density at radius 2 is 0.941 bits per heavy atom. The lowest BCUT2D eigenvalue weighted by molar-refractivity contribution is -0.323. The van der Waals surface area contributed by atoms with Crippen LogP contribution in [0.15, 0.2) is 12.5 Å². The Kier molecular flexibility index (Phi) is 1.77. The third-order valence-electron chi connectivity index (χ3n) is 2.52. The number of hydrogen-bond acceptors (Lipinski definition) is 2. The molecule has 2 aliphatic rings. The van der Waals surface area contributed by atoms with Crippen molar-refractivity contribution >= 4 is 0 Å². The predicted molar refractivity (Wildman–Crippen MR) is 33.8 cm³/mol. The minimum absolute atomic E-state index is 1.58. The topological polar surface area (TPSA) is 18.5 Å². The SMILES string of the molecule is C=C1OC2(F)C(F)(F)C(F)(F)C(F)(F)C2(F)O1. The molecule has 0 aromatic rings. The second-order valence-corrected chi connectivity index (χ2v) is 3.49. The molecule has 0 aromatic heterocycles. The number of alkyl halides is 8. The summed E-state index contributed by atoms with van der Waals surface area (Å²) in [5.41, 5.74) is 0. The number of hydrogen-bond donors (Lipinski definition) is 0. The van der Waals surface area contributed by atoms with Gasteiger partial charge in [0, 0.05) is 0 Å². The molecule has 2 fully saturated rings. The Bertz CT molecular complexity index is 373. The maximum absolute atomic E-state index is 13.4. The van der Waals surface area contributed by atoms with E-state index < -0.39 is 35.4 Å². The van der Waals surface area contributed by atoms with Crippen molar-refractivity contribution in [3.8, 4) is 0 Å². The molecular weight excluding hydrogens is 268 g/mol. The summed E-state index contributed by atoms with van der Waals surface area (Å²) in [6, 6.07) is 0. The van der Waals surface area contributed by atoms with Gasteiger partial charge < -0.3 is 9.47 Å². The monoisotopic (exact) mass is 270 g/mol. The van der Waals surface area contributed by atoms with Crippen molar-refractivity contribution in [2.45, 2.75) is 29.5 Å². The highest BCUT2D eigenvalue weighted by atomic mass is 19.4. The zero-order valence-electron chi connectivity index (χ0n) is 7.55. The van der Waals surface area contributed by atoms with E-state index in [1.807, 2.05) is 0 Å². The summed E-state index contributed by atoms with van der Waals surface area (Å²) in [4.78, 5) is 0. The summed E-state index contributed by atoms with van der Waals surface area (Å²) in [5.74, 6) is -30.8. The molecule has 0 radical (unpaired) electrons. The van der Waals surface area contributed by atoms with Gasteiger partial charge >= 0.3 is 29.5 Å². The molecule has 2 rings (SSSR count). The van der Waals surface area contributed by atoms with E-state index in [0.717, 1.165) is 0 Å². The van der Waals surface area contributed by atoms with Crippen LogP contribution >= 0.6 is 0 Å². The van der Waals surface area contributed by atoms with Gasteiger partial charge in [0.2, 0.25) is 0 Å². The first-order chi connectivity index (χ1) is 7.35. The molecule has 1 saturated heterocycles. The van der Waals surface area contributed by atoms with Gasteiger partial charge in [-0.05, 0) is 6.58 Å². The van der Waals surface area contributed by atoms with Gasteiger partial charge in [-0.15, -0.1) is 0 Å². The van der Waals surface area contributed by atoms with Gasteiger partial charge in [0.1, 0.15) is 0 Å². The molecule has 0 spiro atoms. The van der Waals surface area contributed by atoms with E-state index in [1.54, 1.807) is 0 Å². The first-order valence-corrected chi connectivity index (χ1v) is 3.93. The molecule has 0 amide bonds. The number of ether oxygens (including phenoxy) is 2. The van der Waals surface area contributed by atoms with Crippen LogP contribution in [0.5, 0.6) is 0 Å². The van der Waals surface area contributed by atoms with E-state index in [4.69, 9.17) is 0 Å². The lowest BCUT2D eigenvalue weighted by atomic mass is 10.1. The van der Waals surface area contributed by atoms with Crippen LogP contribution in [0, 0.1) is 0 Å². The van der Waals surface area contributed by atoms with Gasteiger partial charge in [-0.3, -0.25) is 0 Å². The summed E-state index contributed by atoms with van der Waals surface area (Å²) < 4.78 is 110. The van der Waals surface area contributed by atoms with Crippen molar-refractivity contribution in [3.63, 3.8) is 0 Å². The summed E-state index contributed by atoms with van der Waals surface area (Å²) in [7, 11) is 0. The highest BCUT2D eigenvalue weighted by Gasteiger charge is 3.05. The van der Waals surface area contributed by atoms with Crippen LogP contribution in [0.3, 0.4) is 0 Å². The van der Waals surface area contributed by atoms with E-state index in [-0.39, 0.29) is 0 Å². The first-order valence-electron chi connectivity index (χ1n) is 3.93. The van der Waals surface area contributed by atoms with Crippen LogP contribution in [0.25, 0.3) is 0 Å². The summed E-state index contributed by atoms with van der Waals surface area (Å²) in [5, 5.41) is 0. The molecule has 0 N–H and O–H groups in total. The van der Waals surface area contributed by atoms with E-state index >= 15 is 0 Å². The van der Waals surface area contributed by atoms with E-state index in [9.17, 15) is 35.1 Å². The number of fused-ring (bicyclic) bond motifs is 1. The molecule has 2 atom stereocenters. The molecular formula is C7H2F8O2. The van der Waals surface area contributed by atoms with E-state index in [2.05, 4.69) is 16.1 Å². The van der Waals surface area contributed by atoms with Gasteiger partial charge in [-0.25, -0.2) is 0 Å². The maximum atomic E-state index is 13.4. The third-order valence-corrected chi connectivity index (χ3v) is 2.52. The standard InChI is InChI=1S/C7H2F8O2/c1-2-16-6(14)4(10,11)3(8,9)5(12,13)7(6,15)17-2/h1H2. The molecule has 1 heterocycles. The number of halogens is 8. The largest absolute Gasteiger partial charge is 0.416 e. The van der Waals surface area contributed by atoms with Gasteiger partial charge in [0.15, 0.2) is 0 Å². The zero-order chi connectivity index (χ0) is 13.5. The smallest absolute Gasteiger partial charge is 0.397 e. The Morgan fingerprint density at radius 3 is 1.24 bits per heavy atom. The van der Waals surface area contributed by atoms with Crippen LogP contribution in [-0.4, -0.2) is 29.5 Å². The Hall–Kier alpha value is -1.22. The fourth-order valence-electron chi connectivity index (χ4n) is 1.60. The lowest BCUT2D eigenvalue weighted by Gasteiger charge is -2.25. The van der Waals surface area contributed by atoms with Gasteiger partial charge in [0.25, 0.3) is 5.95 Å². The number of rotatable bonds is 0. The van der Waals surface area contributed by atoms with Gasteiger partial charge in [-0.2, -0.15) is 35.1 Å². The normalized spacial score (nSPS) is 45.1. The van der Waals surface area contributed by atoms with Crippen LogP contribution in [-0.2, 0) is 9.47 Å². The molecule has 1 saturated carbocycles. The first kappa shape index (κ1) is 12.2. The lowest BCUT2D eigenvalue weighted by Crippen LogP contribution is -2.54. The van der Waals surface area contributed by atoms with Crippen molar-refractivity contribution in [2.24, 2.45) is 0 Å². The quantitative estimate of drug-likeness (QED) is 0.630. The average Bonchev–Trinajstić information content (AvgIpc) is 2.40. The summed E-state index contributed by atoms with van der Waals surface area (Å²) in [6.07, 6.45) is 0. The van der Waals surface area contributed by atoms with Crippen molar-refractivity contribution in [3.05, 3.63) is 12.5 Å². The Morgan fingerprint density at radius 1 is 0.647 bits per heavy atom. The van der Waals surface area contributed by atoms with E-state index in [1.165, 1.54) is 0 Å². The molecule has 0 aromatic carbocycles. The Balaban J connectivity index is 2.75. The van der Waals surface area contributed by atoms with Gasteiger partial charge in [0.05, 0.1) is 0 Å². The van der Waals surface area contributed by atoms with Crippen LogP contribution < -0.4 is 0 Å². The van der Waals surface area contributed by atoms with Crippen molar-refractivity contribution in [1.29, 1.82) is 0 Å². The highest BCUT2D eigenvalue weighted by molar-refractivity contribution is 5.27.